The van der Waals surface area contributed by atoms with Crippen molar-refractivity contribution in [3.8, 4) is 5.75 Å². The second-order valence-electron chi connectivity index (χ2n) is 2.89. The number of methoxy groups -OCH3 is 1. The van der Waals surface area contributed by atoms with Crippen LogP contribution in [0.5, 0.6) is 5.75 Å². The molecule has 0 radical (unpaired) electrons. The first-order valence-corrected chi connectivity index (χ1v) is 5.26. The molecule has 0 aliphatic carbocycles. The summed E-state index contributed by atoms with van der Waals surface area (Å²) in [6, 6.07) is 4.38. The molecule has 1 aromatic rings. The van der Waals surface area contributed by atoms with Crippen LogP contribution in [0.15, 0.2) is 22.6 Å². The number of aliphatic carboxylic acids is 1. The molecule has 0 atom stereocenters. The third kappa shape index (κ3) is 3.35. The maximum atomic E-state index is 10.5. The number of carbonyl (C=O) groups is 1. The number of carboxylic acids is 1. The van der Waals surface area contributed by atoms with Crippen LogP contribution < -0.4 is 4.74 Å². The van der Waals surface area contributed by atoms with Gasteiger partial charge in [0.2, 0.25) is 0 Å². The molecule has 0 aliphatic heterocycles. The summed E-state index contributed by atoms with van der Waals surface area (Å²) in [6.45, 7) is 0. The number of benzene rings is 1. The van der Waals surface area contributed by atoms with Crippen LogP contribution >= 0.6 is 0 Å². The van der Waals surface area contributed by atoms with E-state index in [4.69, 9.17) is 9.84 Å². The second-order valence-corrected chi connectivity index (χ2v) is 3.50. The van der Waals surface area contributed by atoms with E-state index in [-0.39, 0.29) is 17.9 Å². The molecule has 0 saturated carbocycles. The molecule has 1 rings (SSSR count). The van der Waals surface area contributed by atoms with Crippen LogP contribution in [0, 0.1) is 0 Å². The van der Waals surface area contributed by atoms with Crippen molar-refractivity contribution < 1.29 is 23.1 Å². The van der Waals surface area contributed by atoms with E-state index in [0.717, 1.165) is 0 Å². The second kappa shape index (κ2) is 5.26. The number of nitrogens with zero attached hydrogens (tertiary/aromatic N) is 1. The summed E-state index contributed by atoms with van der Waals surface area (Å²) in [7, 11) is -1.23. The zero-order chi connectivity index (χ0) is 12.1. The monoisotopic (exact) mass is 243 g/mol. The first-order chi connectivity index (χ1) is 7.52. The Bertz CT molecular complexity index is 527. The lowest BCUT2D eigenvalue weighted by Crippen LogP contribution is -1.99. The highest BCUT2D eigenvalue weighted by molar-refractivity contribution is 7.61. The van der Waals surface area contributed by atoms with Crippen molar-refractivity contribution in [3.63, 3.8) is 0 Å². The van der Waals surface area contributed by atoms with Crippen molar-refractivity contribution in [1.29, 1.82) is 0 Å². The van der Waals surface area contributed by atoms with Crippen molar-refractivity contribution in [2.45, 2.75) is 6.42 Å². The third-order valence-corrected chi connectivity index (χ3v) is 2.12. The zero-order valence-electron chi connectivity index (χ0n) is 8.37. The van der Waals surface area contributed by atoms with Gasteiger partial charge in [-0.25, -0.2) is 0 Å². The Morgan fingerprint density at radius 3 is 2.69 bits per heavy atom. The van der Waals surface area contributed by atoms with Gasteiger partial charge >= 0.3 is 16.5 Å². The van der Waals surface area contributed by atoms with Gasteiger partial charge in [0, 0.05) is 0 Å². The summed E-state index contributed by atoms with van der Waals surface area (Å²) < 4.78 is 29.1. The lowest BCUT2D eigenvalue weighted by Gasteiger charge is -2.04. The predicted molar refractivity (Wildman–Crippen MR) is 55.3 cm³/mol. The molecule has 7 heteroatoms. The SMILES string of the molecule is COc1ccc(CC(=O)O)cc1N=S(=O)=O. The van der Waals surface area contributed by atoms with Gasteiger partial charge in [0.05, 0.1) is 13.5 Å². The van der Waals surface area contributed by atoms with Gasteiger partial charge in [-0.1, -0.05) is 6.07 Å². The molecule has 86 valence electrons. The van der Waals surface area contributed by atoms with Gasteiger partial charge in [0.15, 0.2) is 0 Å². The molecular weight excluding hydrogens is 234 g/mol. The van der Waals surface area contributed by atoms with Gasteiger partial charge in [0.25, 0.3) is 0 Å². The third-order valence-electron chi connectivity index (χ3n) is 1.77. The van der Waals surface area contributed by atoms with Crippen LogP contribution in [0.3, 0.4) is 0 Å². The van der Waals surface area contributed by atoms with Gasteiger partial charge in [0.1, 0.15) is 11.4 Å². The maximum Gasteiger partial charge on any atom is 0.316 e. The normalized spacial score (nSPS) is 9.56. The van der Waals surface area contributed by atoms with Gasteiger partial charge < -0.3 is 9.84 Å². The van der Waals surface area contributed by atoms with E-state index in [1.165, 1.54) is 19.2 Å². The van der Waals surface area contributed by atoms with E-state index in [2.05, 4.69) is 4.36 Å². The molecule has 0 aromatic heterocycles. The Morgan fingerprint density at radius 2 is 2.19 bits per heavy atom. The van der Waals surface area contributed by atoms with Crippen molar-refractivity contribution in [2.24, 2.45) is 4.36 Å². The molecule has 0 amide bonds. The Hall–Kier alpha value is -1.89. The molecule has 0 bridgehead atoms. The lowest BCUT2D eigenvalue weighted by atomic mass is 10.1. The smallest absolute Gasteiger partial charge is 0.316 e. The zero-order valence-corrected chi connectivity index (χ0v) is 9.19. The minimum absolute atomic E-state index is 0.0922. The highest BCUT2D eigenvalue weighted by Crippen LogP contribution is 2.28. The van der Waals surface area contributed by atoms with E-state index in [1.54, 1.807) is 6.07 Å². The number of carboxylic acid groups (broad SMARTS) is 1. The Labute approximate surface area is 93.2 Å². The fraction of sp³-hybridized carbons (Fsp3) is 0.222. The summed E-state index contributed by atoms with van der Waals surface area (Å²) in [6.07, 6.45) is -0.196. The van der Waals surface area contributed by atoms with Crippen LogP contribution in [0.1, 0.15) is 5.56 Å². The van der Waals surface area contributed by atoms with Gasteiger partial charge in [-0.3, -0.25) is 4.79 Å². The molecule has 0 spiro atoms. The first-order valence-electron chi connectivity index (χ1n) is 4.22. The number of hydrogen-bond acceptors (Lipinski definition) is 5. The minimum Gasteiger partial charge on any atom is -0.494 e. The van der Waals surface area contributed by atoms with Gasteiger partial charge in [-0.05, 0) is 17.7 Å². The maximum absolute atomic E-state index is 10.5. The van der Waals surface area contributed by atoms with Crippen molar-refractivity contribution in [2.75, 3.05) is 7.11 Å². The van der Waals surface area contributed by atoms with Crippen LogP contribution in [0.25, 0.3) is 0 Å². The molecule has 0 saturated heterocycles. The standard InChI is InChI=1S/C9H9NO5S/c1-15-8-3-2-6(5-9(11)12)4-7(8)10-16(13)14/h2-4H,5H2,1H3,(H,11,12). The molecule has 0 unspecified atom stereocenters. The lowest BCUT2D eigenvalue weighted by molar-refractivity contribution is -0.136. The topological polar surface area (TPSA) is 93.0 Å². The Morgan fingerprint density at radius 1 is 1.50 bits per heavy atom. The van der Waals surface area contributed by atoms with E-state index in [9.17, 15) is 13.2 Å². The van der Waals surface area contributed by atoms with Gasteiger partial charge in [-0.15, -0.1) is 4.36 Å². The minimum atomic E-state index is -2.60. The van der Waals surface area contributed by atoms with Crippen molar-refractivity contribution in [3.05, 3.63) is 23.8 Å². The van der Waals surface area contributed by atoms with Crippen LogP contribution in [-0.4, -0.2) is 26.6 Å². The molecular formula is C9H9NO5S. The van der Waals surface area contributed by atoms with Gasteiger partial charge in [-0.2, -0.15) is 8.42 Å². The molecule has 1 N–H and O–H groups in total. The average Bonchev–Trinajstić information content (AvgIpc) is 2.16. The molecule has 0 heterocycles. The highest BCUT2D eigenvalue weighted by Gasteiger charge is 2.06. The molecule has 0 aliphatic rings. The predicted octanol–water partition coefficient (Wildman–Crippen LogP) is 1.02. The first kappa shape index (κ1) is 12.2. The quantitative estimate of drug-likeness (QED) is 0.852. The van der Waals surface area contributed by atoms with E-state index in [1.807, 2.05) is 0 Å². The van der Waals surface area contributed by atoms with Crippen molar-refractivity contribution in [1.82, 2.24) is 0 Å². The van der Waals surface area contributed by atoms with Crippen LogP contribution in [-0.2, 0) is 21.7 Å². The highest BCUT2D eigenvalue weighted by atomic mass is 32.2. The number of ether oxygens (including phenoxy) is 1. The Balaban J connectivity index is 3.21. The van der Waals surface area contributed by atoms with Crippen molar-refractivity contribution >= 4 is 22.2 Å². The van der Waals surface area contributed by atoms with E-state index in [0.29, 0.717) is 5.56 Å². The summed E-state index contributed by atoms with van der Waals surface area (Å²) in [4.78, 5) is 10.5. The largest absolute Gasteiger partial charge is 0.494 e. The fourth-order valence-corrected chi connectivity index (χ4v) is 1.48. The van der Waals surface area contributed by atoms with Crippen LogP contribution in [0.4, 0.5) is 5.69 Å². The molecule has 16 heavy (non-hydrogen) atoms. The fourth-order valence-electron chi connectivity index (χ4n) is 1.17. The van der Waals surface area contributed by atoms with E-state index >= 15 is 0 Å². The number of rotatable bonds is 4. The molecule has 1 aromatic carbocycles. The number of hydrogen-bond donors (Lipinski definition) is 1. The average molecular weight is 243 g/mol. The van der Waals surface area contributed by atoms with E-state index < -0.39 is 16.5 Å². The summed E-state index contributed by atoms with van der Waals surface area (Å²) in [5.41, 5.74) is 0.548. The summed E-state index contributed by atoms with van der Waals surface area (Å²) in [5.74, 6) is -0.724. The summed E-state index contributed by atoms with van der Waals surface area (Å²) in [5, 5.41) is 8.58. The Kier molecular flexibility index (Phi) is 4.01. The van der Waals surface area contributed by atoms with Crippen LogP contribution in [0.2, 0.25) is 0 Å². The summed E-state index contributed by atoms with van der Waals surface area (Å²) >= 11 is 0. The molecule has 0 fully saturated rings. The molecule has 6 nitrogen and oxygen atoms in total.